The zero-order valence-electron chi connectivity index (χ0n) is 11.4. The Morgan fingerprint density at radius 3 is 2.65 bits per heavy atom. The Bertz CT molecular complexity index is 552. The molecule has 108 valence electrons. The van der Waals surface area contributed by atoms with Gasteiger partial charge in [0.1, 0.15) is 12.2 Å². The summed E-state index contributed by atoms with van der Waals surface area (Å²) in [5, 5.41) is 8.60. The van der Waals surface area contributed by atoms with Gasteiger partial charge in [-0.15, -0.1) is 0 Å². The Morgan fingerprint density at radius 2 is 2.10 bits per heavy atom. The highest BCUT2D eigenvalue weighted by Crippen LogP contribution is 2.27. The summed E-state index contributed by atoms with van der Waals surface area (Å²) in [6.45, 7) is 4.22. The normalized spacial score (nSPS) is 16.6. The molecule has 0 aromatic heterocycles. The Labute approximate surface area is 125 Å². The van der Waals surface area contributed by atoms with Crippen LogP contribution >= 0.6 is 15.9 Å². The minimum Gasteiger partial charge on any atom is -0.480 e. The van der Waals surface area contributed by atoms with E-state index < -0.39 is 11.6 Å². The minimum atomic E-state index is -1.00. The average Bonchev–Trinajstić information content (AvgIpc) is 2.35. The molecule has 1 N–H and O–H groups in total. The Balaban J connectivity index is 1.96. The van der Waals surface area contributed by atoms with E-state index in [0.29, 0.717) is 18.7 Å². The minimum absolute atomic E-state index is 0.0583. The predicted molar refractivity (Wildman–Crippen MR) is 76.8 cm³/mol. The molecule has 0 aliphatic carbocycles. The van der Waals surface area contributed by atoms with Gasteiger partial charge in [0.05, 0.1) is 13.1 Å². The molecule has 0 bridgehead atoms. The number of likely N-dealkylation sites (tertiary alicyclic amines) is 1. The van der Waals surface area contributed by atoms with Gasteiger partial charge in [-0.25, -0.2) is 4.79 Å². The van der Waals surface area contributed by atoms with Gasteiger partial charge >= 0.3 is 5.97 Å². The SMILES string of the molecule is Cc1cc(C(=O)N2CC(C)(OCC(=O)O)C2)ccc1Br. The summed E-state index contributed by atoms with van der Waals surface area (Å²) in [6.07, 6.45) is 0. The maximum Gasteiger partial charge on any atom is 0.329 e. The van der Waals surface area contributed by atoms with E-state index in [4.69, 9.17) is 9.84 Å². The molecule has 1 aromatic carbocycles. The van der Waals surface area contributed by atoms with Crippen LogP contribution in [0, 0.1) is 6.92 Å². The number of benzene rings is 1. The van der Waals surface area contributed by atoms with Crippen LogP contribution < -0.4 is 0 Å². The lowest BCUT2D eigenvalue weighted by Gasteiger charge is -2.47. The van der Waals surface area contributed by atoms with E-state index in [9.17, 15) is 9.59 Å². The molecule has 0 saturated carbocycles. The third-order valence-electron chi connectivity index (χ3n) is 3.29. The molecule has 6 heteroatoms. The molecule has 0 atom stereocenters. The van der Waals surface area contributed by atoms with E-state index in [1.165, 1.54) is 0 Å². The molecular formula is C14H16BrNO4. The standard InChI is InChI=1S/C14H16BrNO4/c1-9-5-10(3-4-11(9)15)13(19)16-7-14(2,8-16)20-6-12(17)18/h3-5H,6-8H2,1-2H3,(H,17,18). The molecule has 1 aliphatic rings. The van der Waals surface area contributed by atoms with Crippen LogP contribution in [-0.2, 0) is 9.53 Å². The number of aliphatic carboxylic acids is 1. The van der Waals surface area contributed by atoms with Gasteiger partial charge in [-0.3, -0.25) is 4.79 Å². The van der Waals surface area contributed by atoms with Gasteiger partial charge in [-0.2, -0.15) is 0 Å². The van der Waals surface area contributed by atoms with E-state index in [0.717, 1.165) is 10.0 Å². The molecule has 2 rings (SSSR count). The first kappa shape index (κ1) is 15.0. The van der Waals surface area contributed by atoms with Gasteiger partial charge in [-0.05, 0) is 37.6 Å². The lowest BCUT2D eigenvalue weighted by Crippen LogP contribution is -2.63. The van der Waals surface area contributed by atoms with Gasteiger partial charge in [0.25, 0.3) is 5.91 Å². The molecule has 20 heavy (non-hydrogen) atoms. The van der Waals surface area contributed by atoms with E-state index in [1.54, 1.807) is 11.0 Å². The van der Waals surface area contributed by atoms with Crippen LogP contribution in [0.15, 0.2) is 22.7 Å². The summed E-state index contributed by atoms with van der Waals surface area (Å²) in [5.41, 5.74) is 1.07. The smallest absolute Gasteiger partial charge is 0.329 e. The molecule has 5 nitrogen and oxygen atoms in total. The van der Waals surface area contributed by atoms with Gasteiger partial charge in [0.15, 0.2) is 0 Å². The third kappa shape index (κ3) is 3.19. The molecule has 1 saturated heterocycles. The number of hydrogen-bond donors (Lipinski definition) is 1. The van der Waals surface area contributed by atoms with Crippen LogP contribution in [0.2, 0.25) is 0 Å². The fraction of sp³-hybridized carbons (Fsp3) is 0.429. The van der Waals surface area contributed by atoms with Crippen LogP contribution in [0.5, 0.6) is 0 Å². The van der Waals surface area contributed by atoms with Gasteiger partial charge < -0.3 is 14.7 Å². The number of carboxylic acid groups (broad SMARTS) is 1. The van der Waals surface area contributed by atoms with E-state index in [-0.39, 0.29) is 12.5 Å². The Morgan fingerprint density at radius 1 is 1.45 bits per heavy atom. The quantitative estimate of drug-likeness (QED) is 0.910. The number of carbonyl (C=O) groups excluding carboxylic acids is 1. The first-order valence-electron chi connectivity index (χ1n) is 6.22. The largest absolute Gasteiger partial charge is 0.480 e. The van der Waals surface area contributed by atoms with Crippen molar-refractivity contribution in [3.63, 3.8) is 0 Å². The van der Waals surface area contributed by atoms with Crippen molar-refractivity contribution in [2.75, 3.05) is 19.7 Å². The number of carbonyl (C=O) groups is 2. The summed E-state index contributed by atoms with van der Waals surface area (Å²) in [7, 11) is 0. The van der Waals surface area contributed by atoms with Gasteiger partial charge in [0, 0.05) is 10.0 Å². The summed E-state index contributed by atoms with van der Waals surface area (Å²) in [6, 6.07) is 5.45. The van der Waals surface area contributed by atoms with Gasteiger partial charge in [-0.1, -0.05) is 15.9 Å². The van der Waals surface area contributed by atoms with E-state index in [1.807, 2.05) is 26.0 Å². The van der Waals surface area contributed by atoms with Crippen LogP contribution in [0.1, 0.15) is 22.8 Å². The van der Waals surface area contributed by atoms with Crippen molar-refractivity contribution < 1.29 is 19.4 Å². The maximum atomic E-state index is 12.3. The van der Waals surface area contributed by atoms with Crippen molar-refractivity contribution in [2.45, 2.75) is 19.4 Å². The highest BCUT2D eigenvalue weighted by Gasteiger charge is 2.42. The number of hydrogen-bond acceptors (Lipinski definition) is 3. The molecule has 1 fully saturated rings. The number of carboxylic acids is 1. The molecule has 1 amide bonds. The lowest BCUT2D eigenvalue weighted by atomic mass is 9.95. The molecule has 0 unspecified atom stereocenters. The van der Waals surface area contributed by atoms with Crippen LogP contribution in [0.25, 0.3) is 0 Å². The Kier molecular flexibility index (Phi) is 4.15. The number of rotatable bonds is 4. The topological polar surface area (TPSA) is 66.8 Å². The summed E-state index contributed by atoms with van der Waals surface area (Å²) in [4.78, 5) is 24.4. The molecule has 0 spiro atoms. The maximum absolute atomic E-state index is 12.3. The van der Waals surface area contributed by atoms with Crippen molar-refractivity contribution in [2.24, 2.45) is 0 Å². The molecule has 1 aromatic rings. The van der Waals surface area contributed by atoms with E-state index in [2.05, 4.69) is 15.9 Å². The number of amides is 1. The molecular weight excluding hydrogens is 326 g/mol. The number of aryl methyl sites for hydroxylation is 1. The monoisotopic (exact) mass is 341 g/mol. The van der Waals surface area contributed by atoms with Crippen molar-refractivity contribution in [1.82, 2.24) is 4.90 Å². The fourth-order valence-electron chi connectivity index (χ4n) is 2.19. The number of halogens is 1. The van der Waals surface area contributed by atoms with Crippen molar-refractivity contribution in [3.8, 4) is 0 Å². The second-order valence-electron chi connectivity index (χ2n) is 5.26. The summed E-state index contributed by atoms with van der Waals surface area (Å²) in [5.74, 6) is -1.06. The zero-order chi connectivity index (χ0) is 14.9. The highest BCUT2D eigenvalue weighted by atomic mass is 79.9. The van der Waals surface area contributed by atoms with Crippen LogP contribution in [0.3, 0.4) is 0 Å². The van der Waals surface area contributed by atoms with Crippen molar-refractivity contribution in [1.29, 1.82) is 0 Å². The molecule has 0 radical (unpaired) electrons. The van der Waals surface area contributed by atoms with Crippen molar-refractivity contribution in [3.05, 3.63) is 33.8 Å². The first-order chi connectivity index (χ1) is 9.31. The number of ether oxygens (including phenoxy) is 1. The predicted octanol–water partition coefficient (Wildman–Crippen LogP) is 2.07. The average molecular weight is 342 g/mol. The van der Waals surface area contributed by atoms with E-state index >= 15 is 0 Å². The first-order valence-corrected chi connectivity index (χ1v) is 7.01. The second-order valence-corrected chi connectivity index (χ2v) is 6.11. The number of nitrogens with zero attached hydrogens (tertiary/aromatic N) is 1. The van der Waals surface area contributed by atoms with Gasteiger partial charge in [0.2, 0.25) is 0 Å². The summed E-state index contributed by atoms with van der Waals surface area (Å²) >= 11 is 3.40. The van der Waals surface area contributed by atoms with Crippen LogP contribution in [-0.4, -0.2) is 47.2 Å². The second kappa shape index (κ2) is 5.54. The lowest BCUT2D eigenvalue weighted by molar-refractivity contribution is -0.159. The summed E-state index contributed by atoms with van der Waals surface area (Å²) < 4.78 is 6.25. The molecule has 1 heterocycles. The fourth-order valence-corrected chi connectivity index (χ4v) is 2.44. The zero-order valence-corrected chi connectivity index (χ0v) is 12.9. The van der Waals surface area contributed by atoms with Crippen molar-refractivity contribution >= 4 is 27.8 Å². The van der Waals surface area contributed by atoms with Crippen LogP contribution in [0.4, 0.5) is 0 Å². The molecule has 1 aliphatic heterocycles. The Hall–Kier alpha value is -1.40. The third-order valence-corrected chi connectivity index (χ3v) is 4.18. The highest BCUT2D eigenvalue weighted by molar-refractivity contribution is 9.10.